The summed E-state index contributed by atoms with van der Waals surface area (Å²) in [6, 6.07) is 23.5. The van der Waals surface area contributed by atoms with Crippen LogP contribution >= 0.6 is 0 Å². The van der Waals surface area contributed by atoms with E-state index >= 15 is 0 Å². The molecule has 2 N–H and O–H groups in total. The molecule has 0 heterocycles. The quantitative estimate of drug-likeness (QED) is 0.366. The average Bonchev–Trinajstić information content (AvgIpc) is 2.81. The van der Waals surface area contributed by atoms with E-state index in [9.17, 15) is 13.2 Å². The minimum Gasteiger partial charge on any atom is -0.483 e. The molecule has 4 aromatic carbocycles. The maximum Gasteiger partial charge on any atom is 0.262 e. The fourth-order valence-electron chi connectivity index (χ4n) is 3.63. The molecule has 0 aliphatic heterocycles. The maximum absolute atomic E-state index is 12.8. The summed E-state index contributed by atoms with van der Waals surface area (Å²) in [6.45, 7) is 5.45. The van der Waals surface area contributed by atoms with E-state index in [-0.39, 0.29) is 17.4 Å². The lowest BCUT2D eigenvalue weighted by Gasteiger charge is -2.13. The normalized spacial score (nSPS) is 11.3. The van der Waals surface area contributed by atoms with Crippen molar-refractivity contribution in [2.24, 2.45) is 0 Å². The molecule has 6 nitrogen and oxygen atoms in total. The minimum absolute atomic E-state index is 0.121. The van der Waals surface area contributed by atoms with Gasteiger partial charge in [0.25, 0.3) is 15.9 Å². The van der Waals surface area contributed by atoms with Crippen molar-refractivity contribution in [2.45, 2.75) is 25.7 Å². The Morgan fingerprint density at radius 1 is 0.824 bits per heavy atom. The van der Waals surface area contributed by atoms with Crippen LogP contribution in [0.2, 0.25) is 0 Å². The van der Waals surface area contributed by atoms with Gasteiger partial charge in [0.05, 0.1) is 4.90 Å². The second kappa shape index (κ2) is 9.57. The van der Waals surface area contributed by atoms with E-state index < -0.39 is 10.0 Å². The Kier molecular flexibility index (Phi) is 6.56. The van der Waals surface area contributed by atoms with Gasteiger partial charge in [0.15, 0.2) is 6.61 Å². The van der Waals surface area contributed by atoms with Crippen molar-refractivity contribution in [1.29, 1.82) is 0 Å². The number of nitrogens with one attached hydrogen (secondary N) is 2. The van der Waals surface area contributed by atoms with Gasteiger partial charge in [-0.1, -0.05) is 42.5 Å². The highest BCUT2D eigenvalue weighted by Gasteiger charge is 2.17. The predicted molar refractivity (Wildman–Crippen MR) is 136 cm³/mol. The van der Waals surface area contributed by atoms with Crippen LogP contribution in [0.3, 0.4) is 0 Å². The van der Waals surface area contributed by atoms with Gasteiger partial charge in [-0.3, -0.25) is 9.52 Å². The van der Waals surface area contributed by atoms with E-state index in [2.05, 4.69) is 10.0 Å². The Morgan fingerprint density at radius 2 is 1.59 bits per heavy atom. The van der Waals surface area contributed by atoms with Gasteiger partial charge in [-0.15, -0.1) is 0 Å². The molecule has 0 aliphatic rings. The first-order valence-electron chi connectivity index (χ1n) is 10.8. The topological polar surface area (TPSA) is 84.5 Å². The summed E-state index contributed by atoms with van der Waals surface area (Å²) in [4.78, 5) is 12.6. The van der Waals surface area contributed by atoms with Gasteiger partial charge in [0.2, 0.25) is 0 Å². The van der Waals surface area contributed by atoms with E-state index in [0.29, 0.717) is 22.7 Å². The summed E-state index contributed by atoms with van der Waals surface area (Å²) in [5.41, 5.74) is 3.92. The van der Waals surface area contributed by atoms with Crippen LogP contribution in [0, 0.1) is 20.8 Å². The number of fused-ring (bicyclic) bond motifs is 1. The lowest BCUT2D eigenvalue weighted by atomic mass is 10.1. The molecule has 7 heteroatoms. The van der Waals surface area contributed by atoms with E-state index in [0.717, 1.165) is 21.9 Å². The van der Waals surface area contributed by atoms with Crippen LogP contribution in [0.25, 0.3) is 10.8 Å². The van der Waals surface area contributed by atoms with Gasteiger partial charge in [-0.05, 0) is 79.2 Å². The van der Waals surface area contributed by atoms with Crippen LogP contribution < -0.4 is 14.8 Å². The number of hydrogen-bond acceptors (Lipinski definition) is 4. The van der Waals surface area contributed by atoms with E-state index in [1.165, 1.54) is 12.1 Å². The summed E-state index contributed by atoms with van der Waals surface area (Å²) < 4.78 is 33.9. The molecule has 0 bridgehead atoms. The van der Waals surface area contributed by atoms with Gasteiger partial charge >= 0.3 is 0 Å². The number of anilines is 2. The molecule has 0 spiro atoms. The van der Waals surface area contributed by atoms with Crippen LogP contribution in [0.5, 0.6) is 5.75 Å². The largest absolute Gasteiger partial charge is 0.483 e. The van der Waals surface area contributed by atoms with Crippen molar-refractivity contribution in [3.05, 3.63) is 95.6 Å². The van der Waals surface area contributed by atoms with Gasteiger partial charge in [0, 0.05) is 16.8 Å². The van der Waals surface area contributed by atoms with E-state index in [4.69, 9.17) is 4.74 Å². The van der Waals surface area contributed by atoms with Crippen LogP contribution in [0.4, 0.5) is 11.4 Å². The molecule has 4 rings (SSSR count). The zero-order valence-electron chi connectivity index (χ0n) is 19.3. The monoisotopic (exact) mass is 474 g/mol. The number of hydrogen-bond donors (Lipinski definition) is 2. The Labute approximate surface area is 199 Å². The van der Waals surface area contributed by atoms with Gasteiger partial charge < -0.3 is 10.1 Å². The summed E-state index contributed by atoms with van der Waals surface area (Å²) in [5, 5.41) is 4.85. The molecule has 34 heavy (non-hydrogen) atoms. The van der Waals surface area contributed by atoms with Crippen LogP contribution in [-0.4, -0.2) is 20.9 Å². The molecule has 0 aliphatic carbocycles. The third-order valence-corrected chi connectivity index (χ3v) is 7.02. The fraction of sp³-hybridized carbons (Fsp3) is 0.148. The standard InChI is InChI=1S/C27H26N2O4S/c1-18-11-12-22(15-19(18)2)29-34(31,32)23-13-14-26(20(3)16-23)33-17-27(30)28-25-10-6-8-21-7-4-5-9-24(21)25/h4-16,29H,17H2,1-3H3,(H,28,30). The number of ether oxygens (including phenoxy) is 1. The Morgan fingerprint density at radius 3 is 2.35 bits per heavy atom. The molecule has 0 atom stereocenters. The lowest BCUT2D eigenvalue weighted by Crippen LogP contribution is -2.20. The van der Waals surface area contributed by atoms with Gasteiger partial charge in [-0.2, -0.15) is 0 Å². The first-order valence-corrected chi connectivity index (χ1v) is 12.3. The SMILES string of the molecule is Cc1ccc(NS(=O)(=O)c2ccc(OCC(=O)Nc3cccc4ccccc34)c(C)c2)cc1C. The Bertz CT molecular complexity index is 1470. The fourth-order valence-corrected chi connectivity index (χ4v) is 4.77. The molecule has 0 radical (unpaired) electrons. The molecule has 0 unspecified atom stereocenters. The third kappa shape index (κ3) is 5.21. The number of amides is 1. The summed E-state index contributed by atoms with van der Waals surface area (Å²) in [7, 11) is -3.76. The molecule has 1 amide bonds. The first kappa shape index (κ1) is 23.3. The summed E-state index contributed by atoms with van der Waals surface area (Å²) >= 11 is 0. The molecule has 4 aromatic rings. The Balaban J connectivity index is 1.42. The maximum atomic E-state index is 12.8. The number of aryl methyl sites for hydroxylation is 3. The number of benzene rings is 4. The number of rotatable bonds is 7. The van der Waals surface area contributed by atoms with Crippen molar-refractivity contribution in [2.75, 3.05) is 16.6 Å². The third-order valence-electron chi connectivity index (χ3n) is 5.64. The average molecular weight is 475 g/mol. The molecule has 0 saturated heterocycles. The zero-order valence-corrected chi connectivity index (χ0v) is 20.1. The molecular formula is C27H26N2O4S. The highest BCUT2D eigenvalue weighted by atomic mass is 32.2. The number of carbonyl (C=O) groups excluding carboxylic acids is 1. The highest BCUT2D eigenvalue weighted by Crippen LogP contribution is 2.25. The van der Waals surface area contributed by atoms with Crippen LogP contribution in [-0.2, 0) is 14.8 Å². The first-order chi connectivity index (χ1) is 16.2. The minimum atomic E-state index is -3.76. The predicted octanol–water partition coefficient (Wildman–Crippen LogP) is 5.58. The summed E-state index contributed by atoms with van der Waals surface area (Å²) in [6.07, 6.45) is 0. The Hall–Kier alpha value is -3.84. The highest BCUT2D eigenvalue weighted by molar-refractivity contribution is 7.92. The van der Waals surface area contributed by atoms with Crippen LogP contribution in [0.1, 0.15) is 16.7 Å². The zero-order chi connectivity index (χ0) is 24.3. The lowest BCUT2D eigenvalue weighted by molar-refractivity contribution is -0.118. The second-order valence-corrected chi connectivity index (χ2v) is 9.88. The molecule has 0 fully saturated rings. The van der Waals surface area contributed by atoms with Crippen molar-refractivity contribution >= 4 is 38.1 Å². The van der Waals surface area contributed by atoms with E-state index in [1.54, 1.807) is 25.1 Å². The van der Waals surface area contributed by atoms with Crippen molar-refractivity contribution in [1.82, 2.24) is 0 Å². The molecule has 174 valence electrons. The number of carbonyl (C=O) groups is 1. The van der Waals surface area contributed by atoms with Crippen molar-refractivity contribution in [3.8, 4) is 5.75 Å². The molecule has 0 saturated carbocycles. The summed E-state index contributed by atoms with van der Waals surface area (Å²) in [5.74, 6) is 0.141. The smallest absolute Gasteiger partial charge is 0.262 e. The van der Waals surface area contributed by atoms with Crippen LogP contribution in [0.15, 0.2) is 83.8 Å². The number of sulfonamides is 1. The molecule has 0 aromatic heterocycles. The van der Waals surface area contributed by atoms with Crippen molar-refractivity contribution in [3.63, 3.8) is 0 Å². The molecular weight excluding hydrogens is 448 g/mol. The van der Waals surface area contributed by atoms with Gasteiger partial charge in [0.1, 0.15) is 5.75 Å². The van der Waals surface area contributed by atoms with Gasteiger partial charge in [-0.25, -0.2) is 8.42 Å². The second-order valence-electron chi connectivity index (χ2n) is 8.20. The van der Waals surface area contributed by atoms with Crippen molar-refractivity contribution < 1.29 is 17.9 Å². The van der Waals surface area contributed by atoms with E-state index in [1.807, 2.05) is 62.4 Å².